The molecule has 1 aliphatic carbocycles. The smallest absolute Gasteiger partial charge is 0.407 e. The maximum absolute atomic E-state index is 11.6. The molecule has 1 aliphatic rings. The summed E-state index contributed by atoms with van der Waals surface area (Å²) in [5.74, 6) is 0.279. The lowest BCUT2D eigenvalue weighted by molar-refractivity contribution is -0.121. The minimum absolute atomic E-state index is 0.0687. The third-order valence-corrected chi connectivity index (χ3v) is 3.30. The average molecular weight is 276 g/mol. The zero-order valence-electron chi connectivity index (χ0n) is 11.3. The Morgan fingerprint density at radius 3 is 2.22 bits per heavy atom. The molecule has 0 radical (unpaired) electrons. The molecule has 1 rings (SSSR count). The molecule has 1 amide bonds. The van der Waals surface area contributed by atoms with Gasteiger partial charge in [0.2, 0.25) is 0 Å². The van der Waals surface area contributed by atoms with Gasteiger partial charge in [-0.15, -0.1) is 11.6 Å². The van der Waals surface area contributed by atoms with Crippen molar-refractivity contribution in [1.82, 2.24) is 5.32 Å². The molecule has 4 nitrogen and oxygen atoms in total. The summed E-state index contributed by atoms with van der Waals surface area (Å²) in [6.45, 7) is 5.51. The van der Waals surface area contributed by atoms with Crippen LogP contribution in [0.15, 0.2) is 0 Å². The fourth-order valence-corrected chi connectivity index (χ4v) is 2.36. The van der Waals surface area contributed by atoms with Crippen molar-refractivity contribution in [3.63, 3.8) is 0 Å². The first-order chi connectivity index (χ1) is 8.31. The maximum Gasteiger partial charge on any atom is 0.407 e. The number of hydrogen-bond donors (Lipinski definition) is 1. The molecule has 0 aromatic rings. The predicted molar refractivity (Wildman–Crippen MR) is 70.8 cm³/mol. The molecule has 0 heterocycles. The van der Waals surface area contributed by atoms with Gasteiger partial charge in [0, 0.05) is 12.0 Å². The van der Waals surface area contributed by atoms with Crippen molar-refractivity contribution in [2.75, 3.05) is 5.88 Å². The van der Waals surface area contributed by atoms with E-state index in [9.17, 15) is 9.59 Å². The second kappa shape index (κ2) is 6.41. The molecule has 0 atom stereocenters. The van der Waals surface area contributed by atoms with E-state index in [1.807, 2.05) is 20.8 Å². The van der Waals surface area contributed by atoms with Gasteiger partial charge in [0.1, 0.15) is 5.60 Å². The number of ketones is 1. The molecule has 5 heteroatoms. The number of alkyl carbamates (subject to hydrolysis) is 1. The standard InChI is InChI=1S/C13H22ClNO3/c1-13(2,3)18-12(17)15-10-6-4-9(5-7-10)11(16)8-14/h9-10H,4-8H2,1-3H3,(H,15,17). The largest absolute Gasteiger partial charge is 0.444 e. The second-order valence-electron chi connectivity index (χ2n) is 5.79. The molecule has 1 N–H and O–H groups in total. The van der Waals surface area contributed by atoms with E-state index in [2.05, 4.69) is 5.32 Å². The molecule has 0 bridgehead atoms. The van der Waals surface area contributed by atoms with Gasteiger partial charge in [-0.2, -0.15) is 0 Å². The lowest BCUT2D eigenvalue weighted by atomic mass is 9.84. The first-order valence-corrected chi connectivity index (χ1v) is 6.93. The van der Waals surface area contributed by atoms with Crippen LogP contribution in [0, 0.1) is 5.92 Å². The van der Waals surface area contributed by atoms with E-state index in [1.54, 1.807) is 0 Å². The molecular formula is C13H22ClNO3. The number of alkyl halides is 1. The topological polar surface area (TPSA) is 55.4 Å². The lowest BCUT2D eigenvalue weighted by Crippen LogP contribution is -2.41. The molecule has 0 unspecified atom stereocenters. The highest BCUT2D eigenvalue weighted by Gasteiger charge is 2.27. The Morgan fingerprint density at radius 2 is 1.78 bits per heavy atom. The van der Waals surface area contributed by atoms with Gasteiger partial charge in [0.15, 0.2) is 5.78 Å². The van der Waals surface area contributed by atoms with E-state index >= 15 is 0 Å². The minimum Gasteiger partial charge on any atom is -0.444 e. The van der Waals surface area contributed by atoms with Crippen molar-refractivity contribution >= 4 is 23.5 Å². The van der Waals surface area contributed by atoms with Gasteiger partial charge in [0.05, 0.1) is 5.88 Å². The summed E-state index contributed by atoms with van der Waals surface area (Å²) in [4.78, 5) is 23.0. The molecule has 0 saturated heterocycles. The van der Waals surface area contributed by atoms with E-state index in [-0.39, 0.29) is 29.7 Å². The zero-order valence-corrected chi connectivity index (χ0v) is 12.0. The van der Waals surface area contributed by atoms with Gasteiger partial charge in [-0.25, -0.2) is 4.79 Å². The normalized spacial score (nSPS) is 24.4. The number of amides is 1. The number of hydrogen-bond acceptors (Lipinski definition) is 3. The molecule has 0 aromatic heterocycles. The fraction of sp³-hybridized carbons (Fsp3) is 0.846. The van der Waals surface area contributed by atoms with Crippen LogP contribution in [0.25, 0.3) is 0 Å². The van der Waals surface area contributed by atoms with Crippen molar-refractivity contribution in [3.8, 4) is 0 Å². The van der Waals surface area contributed by atoms with Crippen molar-refractivity contribution in [3.05, 3.63) is 0 Å². The monoisotopic (exact) mass is 275 g/mol. The summed E-state index contributed by atoms with van der Waals surface area (Å²) in [6, 6.07) is 0.110. The van der Waals surface area contributed by atoms with E-state index < -0.39 is 5.60 Å². The van der Waals surface area contributed by atoms with Gasteiger partial charge in [-0.1, -0.05) is 0 Å². The quantitative estimate of drug-likeness (QED) is 0.806. The fourth-order valence-electron chi connectivity index (χ4n) is 2.14. The molecule has 104 valence electrons. The van der Waals surface area contributed by atoms with Gasteiger partial charge in [-0.05, 0) is 46.5 Å². The molecule has 0 aromatic carbocycles. The molecule has 18 heavy (non-hydrogen) atoms. The Kier molecular flexibility index (Phi) is 5.45. The van der Waals surface area contributed by atoms with E-state index in [0.717, 1.165) is 25.7 Å². The average Bonchev–Trinajstić information content (AvgIpc) is 2.26. The second-order valence-corrected chi connectivity index (χ2v) is 6.06. The van der Waals surface area contributed by atoms with Crippen molar-refractivity contribution in [2.24, 2.45) is 5.92 Å². The van der Waals surface area contributed by atoms with Crippen LogP contribution in [0.5, 0.6) is 0 Å². The Bertz CT molecular complexity index is 304. The van der Waals surface area contributed by atoms with Crippen LogP contribution in [0.2, 0.25) is 0 Å². The summed E-state index contributed by atoms with van der Waals surface area (Å²) in [5.41, 5.74) is -0.476. The predicted octanol–water partition coefficient (Wildman–Crippen LogP) is 2.88. The van der Waals surface area contributed by atoms with Gasteiger partial charge >= 0.3 is 6.09 Å². The molecule has 1 saturated carbocycles. The number of carbonyl (C=O) groups excluding carboxylic acids is 2. The summed E-state index contributed by atoms with van der Waals surface area (Å²) >= 11 is 5.54. The summed E-state index contributed by atoms with van der Waals surface area (Å²) in [7, 11) is 0. The summed E-state index contributed by atoms with van der Waals surface area (Å²) in [5, 5.41) is 2.85. The third-order valence-electron chi connectivity index (χ3n) is 3.04. The number of ether oxygens (including phenoxy) is 1. The Balaban J connectivity index is 2.31. The van der Waals surface area contributed by atoms with Gasteiger partial charge in [0.25, 0.3) is 0 Å². The highest BCUT2D eigenvalue weighted by molar-refractivity contribution is 6.27. The minimum atomic E-state index is -0.476. The molecule has 0 aliphatic heterocycles. The Hall–Kier alpha value is -0.770. The van der Waals surface area contributed by atoms with Crippen molar-refractivity contribution in [1.29, 1.82) is 0 Å². The van der Waals surface area contributed by atoms with Crippen LogP contribution in [0.4, 0.5) is 4.79 Å². The lowest BCUT2D eigenvalue weighted by Gasteiger charge is -2.29. The first-order valence-electron chi connectivity index (χ1n) is 6.40. The van der Waals surface area contributed by atoms with Crippen LogP contribution in [0.1, 0.15) is 46.5 Å². The van der Waals surface area contributed by atoms with E-state index in [4.69, 9.17) is 16.3 Å². The van der Waals surface area contributed by atoms with Crippen LogP contribution in [-0.2, 0) is 9.53 Å². The van der Waals surface area contributed by atoms with Gasteiger partial charge in [-0.3, -0.25) is 4.79 Å². The van der Waals surface area contributed by atoms with E-state index in [0.29, 0.717) is 0 Å². The number of nitrogens with one attached hydrogen (secondary N) is 1. The molecular weight excluding hydrogens is 254 g/mol. The van der Waals surface area contributed by atoms with Crippen LogP contribution in [-0.4, -0.2) is 29.4 Å². The zero-order chi connectivity index (χ0) is 13.8. The van der Waals surface area contributed by atoms with Crippen LogP contribution >= 0.6 is 11.6 Å². The Labute approximate surface area is 113 Å². The number of halogens is 1. The van der Waals surface area contributed by atoms with Gasteiger partial charge < -0.3 is 10.1 Å². The number of carbonyl (C=O) groups is 2. The first kappa shape index (κ1) is 15.3. The summed E-state index contributed by atoms with van der Waals surface area (Å²) in [6.07, 6.45) is 2.84. The molecule has 1 fully saturated rings. The van der Waals surface area contributed by atoms with Crippen molar-refractivity contribution in [2.45, 2.75) is 58.1 Å². The highest BCUT2D eigenvalue weighted by atomic mass is 35.5. The Morgan fingerprint density at radius 1 is 1.22 bits per heavy atom. The number of Topliss-reactive ketones (excluding diaryl/α,β-unsaturated/α-hetero) is 1. The van der Waals surface area contributed by atoms with Crippen molar-refractivity contribution < 1.29 is 14.3 Å². The highest BCUT2D eigenvalue weighted by Crippen LogP contribution is 2.25. The van der Waals surface area contributed by atoms with E-state index in [1.165, 1.54) is 0 Å². The third kappa shape index (κ3) is 5.25. The maximum atomic E-state index is 11.6. The van der Waals surface area contributed by atoms with Crippen LogP contribution < -0.4 is 5.32 Å². The number of rotatable bonds is 3. The van der Waals surface area contributed by atoms with Crippen LogP contribution in [0.3, 0.4) is 0 Å². The summed E-state index contributed by atoms with van der Waals surface area (Å²) < 4.78 is 5.20. The SMILES string of the molecule is CC(C)(C)OC(=O)NC1CCC(C(=O)CCl)CC1. The molecule has 0 spiro atoms.